The normalized spacial score (nSPS) is 34.8. The Balaban J connectivity index is 1.81. The molecule has 3 heteroatoms. The molecule has 0 aliphatic heterocycles. The summed E-state index contributed by atoms with van der Waals surface area (Å²) in [4.78, 5) is 0. The van der Waals surface area contributed by atoms with Crippen LogP contribution in [0.4, 0.5) is 4.39 Å². The number of halogens is 2. The number of nitrogens with two attached hydrogens (primary N) is 1. The van der Waals surface area contributed by atoms with Crippen molar-refractivity contribution in [3.05, 3.63) is 34.6 Å². The SMILES string of the molecule is NCC1(Cc2ccc(F)cc2Cl)CC2CC2C1. The zero-order chi connectivity index (χ0) is 12.0. The van der Waals surface area contributed by atoms with Crippen LogP contribution in [-0.2, 0) is 6.42 Å². The van der Waals surface area contributed by atoms with Gasteiger partial charge in [0.05, 0.1) is 0 Å². The molecule has 2 aliphatic carbocycles. The molecule has 17 heavy (non-hydrogen) atoms. The van der Waals surface area contributed by atoms with Crippen LogP contribution in [0.3, 0.4) is 0 Å². The van der Waals surface area contributed by atoms with Crippen molar-refractivity contribution in [2.75, 3.05) is 6.54 Å². The first kappa shape index (κ1) is 11.5. The quantitative estimate of drug-likeness (QED) is 0.878. The molecule has 1 aromatic carbocycles. The van der Waals surface area contributed by atoms with Crippen LogP contribution in [0, 0.1) is 23.1 Å². The van der Waals surface area contributed by atoms with Crippen molar-refractivity contribution in [2.45, 2.75) is 25.7 Å². The predicted octanol–water partition coefficient (Wildman–Crippen LogP) is 3.40. The van der Waals surface area contributed by atoms with Gasteiger partial charge in [-0.25, -0.2) is 4.39 Å². The van der Waals surface area contributed by atoms with Crippen LogP contribution in [-0.4, -0.2) is 6.54 Å². The number of rotatable bonds is 3. The number of fused-ring (bicyclic) bond motifs is 1. The van der Waals surface area contributed by atoms with Gasteiger partial charge in [-0.3, -0.25) is 0 Å². The van der Waals surface area contributed by atoms with E-state index in [4.69, 9.17) is 17.3 Å². The van der Waals surface area contributed by atoms with Gasteiger partial charge in [0.15, 0.2) is 0 Å². The minimum atomic E-state index is -0.269. The lowest BCUT2D eigenvalue weighted by Crippen LogP contribution is -2.31. The fraction of sp³-hybridized carbons (Fsp3) is 0.571. The van der Waals surface area contributed by atoms with E-state index < -0.39 is 0 Å². The summed E-state index contributed by atoms with van der Waals surface area (Å²) in [5, 5.41) is 0.540. The monoisotopic (exact) mass is 253 g/mol. The molecule has 1 nitrogen and oxygen atoms in total. The van der Waals surface area contributed by atoms with Gasteiger partial charge in [0.2, 0.25) is 0 Å². The van der Waals surface area contributed by atoms with Crippen molar-refractivity contribution in [3.8, 4) is 0 Å². The molecule has 0 amide bonds. The Labute approximate surface area is 106 Å². The fourth-order valence-corrected chi connectivity index (χ4v) is 3.69. The molecule has 0 heterocycles. The molecule has 2 unspecified atom stereocenters. The molecule has 0 aromatic heterocycles. The number of benzene rings is 1. The first-order valence-corrected chi connectivity index (χ1v) is 6.64. The van der Waals surface area contributed by atoms with Gasteiger partial charge in [-0.2, -0.15) is 0 Å². The highest BCUT2D eigenvalue weighted by Gasteiger charge is 2.52. The summed E-state index contributed by atoms with van der Waals surface area (Å²) < 4.78 is 13.0. The van der Waals surface area contributed by atoms with Gasteiger partial charge in [-0.15, -0.1) is 0 Å². The van der Waals surface area contributed by atoms with Gasteiger partial charge in [-0.05, 0) is 67.2 Å². The van der Waals surface area contributed by atoms with E-state index in [0.717, 1.165) is 23.8 Å². The Morgan fingerprint density at radius 3 is 2.65 bits per heavy atom. The van der Waals surface area contributed by atoms with Crippen molar-refractivity contribution in [2.24, 2.45) is 23.0 Å². The molecule has 2 aliphatic rings. The lowest BCUT2D eigenvalue weighted by atomic mass is 9.77. The third-order valence-corrected chi connectivity index (χ3v) is 4.82. The van der Waals surface area contributed by atoms with Gasteiger partial charge in [0.1, 0.15) is 5.82 Å². The summed E-state index contributed by atoms with van der Waals surface area (Å²) in [6.07, 6.45) is 4.73. The third-order valence-electron chi connectivity index (χ3n) is 4.47. The first-order chi connectivity index (χ1) is 8.12. The van der Waals surface area contributed by atoms with E-state index in [9.17, 15) is 4.39 Å². The van der Waals surface area contributed by atoms with Crippen LogP contribution < -0.4 is 5.73 Å². The summed E-state index contributed by atoms with van der Waals surface area (Å²) in [6.45, 7) is 0.716. The molecule has 2 atom stereocenters. The van der Waals surface area contributed by atoms with Gasteiger partial charge in [0.25, 0.3) is 0 Å². The second-order valence-electron chi connectivity index (χ2n) is 5.78. The molecule has 0 saturated heterocycles. The lowest BCUT2D eigenvalue weighted by Gasteiger charge is -2.29. The molecule has 3 rings (SSSR count). The van der Waals surface area contributed by atoms with E-state index in [2.05, 4.69) is 0 Å². The van der Waals surface area contributed by atoms with Crippen molar-refractivity contribution in [1.82, 2.24) is 0 Å². The number of hydrogen-bond acceptors (Lipinski definition) is 1. The molecular weight excluding hydrogens is 237 g/mol. The summed E-state index contributed by atoms with van der Waals surface area (Å²) in [5.74, 6) is 1.53. The van der Waals surface area contributed by atoms with Crippen molar-refractivity contribution >= 4 is 11.6 Å². The van der Waals surface area contributed by atoms with Crippen molar-refractivity contribution in [1.29, 1.82) is 0 Å². The van der Waals surface area contributed by atoms with Gasteiger partial charge in [-0.1, -0.05) is 17.7 Å². The third kappa shape index (κ3) is 2.09. The summed E-state index contributed by atoms with van der Waals surface area (Å²) >= 11 is 6.09. The van der Waals surface area contributed by atoms with E-state index in [1.165, 1.54) is 31.4 Å². The average molecular weight is 254 g/mol. The van der Waals surface area contributed by atoms with Crippen LogP contribution in [0.5, 0.6) is 0 Å². The molecule has 2 saturated carbocycles. The van der Waals surface area contributed by atoms with E-state index in [0.29, 0.717) is 11.6 Å². The fourth-order valence-electron chi connectivity index (χ4n) is 3.46. The highest BCUT2D eigenvalue weighted by Crippen LogP contribution is 2.60. The Morgan fingerprint density at radius 2 is 2.06 bits per heavy atom. The van der Waals surface area contributed by atoms with Crippen molar-refractivity contribution < 1.29 is 4.39 Å². The second-order valence-corrected chi connectivity index (χ2v) is 6.19. The maximum absolute atomic E-state index is 13.0. The molecule has 2 fully saturated rings. The summed E-state index contributed by atoms with van der Waals surface area (Å²) in [7, 11) is 0. The Morgan fingerprint density at radius 1 is 1.35 bits per heavy atom. The second kappa shape index (κ2) is 3.96. The Kier molecular flexibility index (Phi) is 2.68. The Hall–Kier alpha value is -0.600. The molecule has 92 valence electrons. The lowest BCUT2D eigenvalue weighted by molar-refractivity contribution is 0.273. The highest BCUT2D eigenvalue weighted by molar-refractivity contribution is 6.31. The Bertz CT molecular complexity index is 436. The van der Waals surface area contributed by atoms with Crippen LogP contribution >= 0.6 is 11.6 Å². The van der Waals surface area contributed by atoms with E-state index in [1.807, 2.05) is 0 Å². The summed E-state index contributed by atoms with van der Waals surface area (Å²) in [5.41, 5.74) is 7.22. The minimum Gasteiger partial charge on any atom is -0.330 e. The van der Waals surface area contributed by atoms with Gasteiger partial charge < -0.3 is 5.73 Å². The summed E-state index contributed by atoms with van der Waals surface area (Å²) in [6, 6.07) is 4.69. The number of hydrogen-bond donors (Lipinski definition) is 1. The van der Waals surface area contributed by atoms with Gasteiger partial charge >= 0.3 is 0 Å². The average Bonchev–Trinajstić information content (AvgIpc) is 2.91. The van der Waals surface area contributed by atoms with Crippen LogP contribution in [0.15, 0.2) is 18.2 Å². The molecule has 0 radical (unpaired) electrons. The van der Waals surface area contributed by atoms with Crippen LogP contribution in [0.25, 0.3) is 0 Å². The largest absolute Gasteiger partial charge is 0.330 e. The van der Waals surface area contributed by atoms with E-state index >= 15 is 0 Å². The standard InChI is InChI=1S/C14H17ClFN/c15-13-4-12(16)2-1-9(13)5-14(8-17)6-10-3-11(10)7-14/h1-2,4,10-11H,3,5-8,17H2. The van der Waals surface area contributed by atoms with Gasteiger partial charge in [0, 0.05) is 5.02 Å². The smallest absolute Gasteiger partial charge is 0.124 e. The molecule has 0 bridgehead atoms. The van der Waals surface area contributed by atoms with Crippen LogP contribution in [0.1, 0.15) is 24.8 Å². The van der Waals surface area contributed by atoms with E-state index in [1.54, 1.807) is 6.07 Å². The topological polar surface area (TPSA) is 26.0 Å². The zero-order valence-corrected chi connectivity index (χ0v) is 10.5. The minimum absolute atomic E-state index is 0.217. The molecular formula is C14H17ClFN. The maximum Gasteiger partial charge on any atom is 0.124 e. The molecule has 1 aromatic rings. The maximum atomic E-state index is 13.0. The van der Waals surface area contributed by atoms with Crippen molar-refractivity contribution in [3.63, 3.8) is 0 Å². The van der Waals surface area contributed by atoms with E-state index in [-0.39, 0.29) is 11.2 Å². The highest BCUT2D eigenvalue weighted by atomic mass is 35.5. The molecule has 0 spiro atoms. The predicted molar refractivity (Wildman–Crippen MR) is 67.4 cm³/mol. The molecule has 2 N–H and O–H groups in total. The first-order valence-electron chi connectivity index (χ1n) is 6.26. The zero-order valence-electron chi connectivity index (χ0n) is 9.76. The van der Waals surface area contributed by atoms with Crippen LogP contribution in [0.2, 0.25) is 5.02 Å².